The molecule has 1 atom stereocenters. The molecule has 0 aliphatic rings. The second kappa shape index (κ2) is 4.26. The maximum atomic E-state index is 4.28. The number of hydrogen-bond donors (Lipinski definition) is 1. The molecule has 0 saturated carbocycles. The van der Waals surface area contributed by atoms with Gasteiger partial charge in [-0.05, 0) is 24.6 Å². The van der Waals surface area contributed by atoms with E-state index >= 15 is 0 Å². The van der Waals surface area contributed by atoms with E-state index in [1.165, 1.54) is 11.5 Å². The van der Waals surface area contributed by atoms with Crippen molar-refractivity contribution in [3.05, 3.63) is 41.4 Å². The SMILES string of the molecule is CNC(c1cnccn1)c1ccsn1. The molecule has 0 fully saturated rings. The lowest BCUT2D eigenvalue weighted by atomic mass is 10.1. The highest BCUT2D eigenvalue weighted by molar-refractivity contribution is 7.03. The largest absolute Gasteiger partial charge is 0.307 e. The minimum Gasteiger partial charge on any atom is -0.307 e. The van der Waals surface area contributed by atoms with Crippen LogP contribution in [0.25, 0.3) is 0 Å². The fourth-order valence-corrected chi connectivity index (χ4v) is 1.83. The Hall–Kier alpha value is -1.33. The molecule has 1 N–H and O–H groups in total. The van der Waals surface area contributed by atoms with Gasteiger partial charge in [-0.2, -0.15) is 4.37 Å². The highest BCUT2D eigenvalue weighted by Gasteiger charge is 2.14. The lowest BCUT2D eigenvalue weighted by molar-refractivity contribution is 0.655. The van der Waals surface area contributed by atoms with Gasteiger partial charge in [-0.1, -0.05) is 0 Å². The van der Waals surface area contributed by atoms with Crippen LogP contribution in [-0.2, 0) is 0 Å². The molecule has 14 heavy (non-hydrogen) atoms. The van der Waals surface area contributed by atoms with Gasteiger partial charge in [0.05, 0.1) is 23.6 Å². The average molecular weight is 206 g/mol. The zero-order valence-electron chi connectivity index (χ0n) is 7.71. The number of rotatable bonds is 3. The fourth-order valence-electron chi connectivity index (χ4n) is 1.28. The van der Waals surface area contributed by atoms with Crippen LogP contribution in [0.5, 0.6) is 0 Å². The molecule has 0 radical (unpaired) electrons. The van der Waals surface area contributed by atoms with Gasteiger partial charge in [-0.25, -0.2) is 0 Å². The molecule has 2 heterocycles. The van der Waals surface area contributed by atoms with Crippen molar-refractivity contribution in [2.45, 2.75) is 6.04 Å². The van der Waals surface area contributed by atoms with E-state index in [2.05, 4.69) is 19.7 Å². The van der Waals surface area contributed by atoms with E-state index in [4.69, 9.17) is 0 Å². The van der Waals surface area contributed by atoms with Crippen molar-refractivity contribution >= 4 is 11.5 Å². The number of nitrogens with zero attached hydrogens (tertiary/aromatic N) is 3. The summed E-state index contributed by atoms with van der Waals surface area (Å²) in [7, 11) is 1.89. The van der Waals surface area contributed by atoms with Crippen molar-refractivity contribution in [1.29, 1.82) is 0 Å². The van der Waals surface area contributed by atoms with E-state index in [1.807, 2.05) is 18.5 Å². The first-order valence-electron chi connectivity index (χ1n) is 4.25. The highest BCUT2D eigenvalue weighted by atomic mass is 32.1. The van der Waals surface area contributed by atoms with Crippen molar-refractivity contribution < 1.29 is 0 Å². The maximum absolute atomic E-state index is 4.28. The maximum Gasteiger partial charge on any atom is 0.0949 e. The van der Waals surface area contributed by atoms with Crippen LogP contribution in [0.15, 0.2) is 30.0 Å². The molecular weight excluding hydrogens is 196 g/mol. The minimum absolute atomic E-state index is 0.0370. The monoisotopic (exact) mass is 206 g/mol. The van der Waals surface area contributed by atoms with Gasteiger partial charge in [0.25, 0.3) is 0 Å². The van der Waals surface area contributed by atoms with Gasteiger partial charge in [-0.15, -0.1) is 0 Å². The van der Waals surface area contributed by atoms with Crippen LogP contribution in [0.2, 0.25) is 0 Å². The molecular formula is C9H10N4S. The Morgan fingerprint density at radius 3 is 2.86 bits per heavy atom. The summed E-state index contributed by atoms with van der Waals surface area (Å²) in [4.78, 5) is 8.28. The Kier molecular flexibility index (Phi) is 2.81. The summed E-state index contributed by atoms with van der Waals surface area (Å²) >= 11 is 1.44. The van der Waals surface area contributed by atoms with Crippen LogP contribution in [0, 0.1) is 0 Å². The van der Waals surface area contributed by atoms with Gasteiger partial charge in [0.1, 0.15) is 0 Å². The summed E-state index contributed by atoms with van der Waals surface area (Å²) in [6.07, 6.45) is 5.10. The standard InChI is InChI=1S/C9H10N4S/c1-10-9(7-2-5-14-13-7)8-6-11-3-4-12-8/h2-6,9-10H,1H3. The van der Waals surface area contributed by atoms with Crippen LogP contribution in [0.1, 0.15) is 17.4 Å². The molecule has 2 aromatic rings. The van der Waals surface area contributed by atoms with Gasteiger partial charge in [0, 0.05) is 17.8 Å². The Balaban J connectivity index is 2.31. The topological polar surface area (TPSA) is 50.7 Å². The number of aromatic nitrogens is 3. The predicted molar refractivity (Wildman–Crippen MR) is 55.0 cm³/mol. The zero-order valence-corrected chi connectivity index (χ0v) is 8.53. The fraction of sp³-hybridized carbons (Fsp3) is 0.222. The van der Waals surface area contributed by atoms with E-state index in [1.54, 1.807) is 18.6 Å². The molecule has 0 spiro atoms. The molecule has 5 heteroatoms. The van der Waals surface area contributed by atoms with Gasteiger partial charge in [0.2, 0.25) is 0 Å². The normalized spacial score (nSPS) is 12.6. The number of hydrogen-bond acceptors (Lipinski definition) is 5. The molecule has 72 valence electrons. The summed E-state index contributed by atoms with van der Waals surface area (Å²) in [5.74, 6) is 0. The van der Waals surface area contributed by atoms with Gasteiger partial charge in [0.15, 0.2) is 0 Å². The number of nitrogens with one attached hydrogen (secondary N) is 1. The molecule has 2 aromatic heterocycles. The smallest absolute Gasteiger partial charge is 0.0949 e. The summed E-state index contributed by atoms with van der Waals surface area (Å²) < 4.78 is 4.28. The zero-order chi connectivity index (χ0) is 9.80. The Morgan fingerprint density at radius 1 is 1.36 bits per heavy atom. The van der Waals surface area contributed by atoms with Crippen LogP contribution in [0.4, 0.5) is 0 Å². The van der Waals surface area contributed by atoms with Crippen LogP contribution in [-0.4, -0.2) is 21.4 Å². The van der Waals surface area contributed by atoms with E-state index in [0.717, 1.165) is 11.4 Å². The first-order chi connectivity index (χ1) is 6.92. The van der Waals surface area contributed by atoms with Crippen LogP contribution < -0.4 is 5.32 Å². The second-order valence-electron chi connectivity index (χ2n) is 2.78. The third-order valence-electron chi connectivity index (χ3n) is 1.92. The first kappa shape index (κ1) is 9.23. The van der Waals surface area contributed by atoms with Crippen molar-refractivity contribution in [2.75, 3.05) is 7.05 Å². The molecule has 4 nitrogen and oxygen atoms in total. The average Bonchev–Trinajstić information content (AvgIpc) is 2.74. The van der Waals surface area contributed by atoms with Gasteiger partial charge >= 0.3 is 0 Å². The van der Waals surface area contributed by atoms with Gasteiger partial charge < -0.3 is 5.32 Å². The molecule has 0 aromatic carbocycles. The third-order valence-corrected chi connectivity index (χ3v) is 2.50. The molecule has 0 amide bonds. The summed E-state index contributed by atoms with van der Waals surface area (Å²) in [6.45, 7) is 0. The summed E-state index contributed by atoms with van der Waals surface area (Å²) in [5.41, 5.74) is 1.87. The lowest BCUT2D eigenvalue weighted by Crippen LogP contribution is -2.19. The summed E-state index contributed by atoms with van der Waals surface area (Å²) in [6, 6.07) is 2.02. The van der Waals surface area contributed by atoms with Crippen molar-refractivity contribution in [2.24, 2.45) is 0 Å². The van der Waals surface area contributed by atoms with Crippen molar-refractivity contribution in [3.8, 4) is 0 Å². The van der Waals surface area contributed by atoms with Crippen LogP contribution >= 0.6 is 11.5 Å². The van der Waals surface area contributed by atoms with Gasteiger partial charge in [-0.3, -0.25) is 9.97 Å². The second-order valence-corrected chi connectivity index (χ2v) is 3.44. The minimum atomic E-state index is 0.0370. The molecule has 1 unspecified atom stereocenters. The lowest BCUT2D eigenvalue weighted by Gasteiger charge is -2.11. The van der Waals surface area contributed by atoms with Crippen molar-refractivity contribution in [3.63, 3.8) is 0 Å². The van der Waals surface area contributed by atoms with Crippen molar-refractivity contribution in [1.82, 2.24) is 19.7 Å². The van der Waals surface area contributed by atoms with E-state index < -0.39 is 0 Å². The molecule has 2 rings (SSSR count). The first-order valence-corrected chi connectivity index (χ1v) is 5.09. The van der Waals surface area contributed by atoms with E-state index in [0.29, 0.717) is 0 Å². The predicted octanol–water partition coefficient (Wildman–Crippen LogP) is 1.24. The van der Waals surface area contributed by atoms with E-state index in [9.17, 15) is 0 Å². The van der Waals surface area contributed by atoms with E-state index in [-0.39, 0.29) is 6.04 Å². The Labute approximate surface area is 86.2 Å². The Morgan fingerprint density at radius 2 is 2.29 bits per heavy atom. The molecule has 0 aliphatic carbocycles. The highest BCUT2D eigenvalue weighted by Crippen LogP contribution is 2.17. The molecule has 0 saturated heterocycles. The third kappa shape index (κ3) is 1.78. The summed E-state index contributed by atoms with van der Waals surface area (Å²) in [5, 5.41) is 5.12. The quantitative estimate of drug-likeness (QED) is 0.821. The van der Waals surface area contributed by atoms with Crippen LogP contribution in [0.3, 0.4) is 0 Å². The molecule has 0 aliphatic heterocycles. The Bertz CT molecular complexity index is 373. The molecule has 0 bridgehead atoms.